The summed E-state index contributed by atoms with van der Waals surface area (Å²) in [6.45, 7) is 8.49. The molecule has 108 valence electrons. The van der Waals surface area contributed by atoms with Crippen LogP contribution in [0.25, 0.3) is 0 Å². The molecule has 0 saturated carbocycles. The van der Waals surface area contributed by atoms with Gasteiger partial charge in [-0.3, -0.25) is 11.3 Å². The van der Waals surface area contributed by atoms with Crippen LogP contribution >= 0.6 is 0 Å². The number of hydrogen-bond donors (Lipinski definition) is 2. The molecule has 0 bridgehead atoms. The van der Waals surface area contributed by atoms with Gasteiger partial charge in [0.1, 0.15) is 0 Å². The van der Waals surface area contributed by atoms with Crippen molar-refractivity contribution < 1.29 is 4.74 Å². The largest absolute Gasteiger partial charge is 0.379 e. The van der Waals surface area contributed by atoms with Crippen molar-refractivity contribution in [3.05, 3.63) is 34.9 Å². The molecule has 1 aromatic rings. The zero-order valence-electron chi connectivity index (χ0n) is 12.9. The monoisotopic (exact) mass is 264 g/mol. The molecule has 0 aliphatic heterocycles. The minimum Gasteiger partial charge on any atom is -0.379 e. The predicted octanol–water partition coefficient (Wildman–Crippen LogP) is 2.88. The maximum absolute atomic E-state index is 5.68. The van der Waals surface area contributed by atoms with E-state index in [1.165, 1.54) is 16.7 Å². The number of rotatable bonds is 7. The third-order valence-corrected chi connectivity index (χ3v) is 3.65. The maximum Gasteiger partial charge on any atom is 0.0623 e. The van der Waals surface area contributed by atoms with Gasteiger partial charge in [-0.2, -0.15) is 0 Å². The van der Waals surface area contributed by atoms with Crippen molar-refractivity contribution in [3.8, 4) is 0 Å². The van der Waals surface area contributed by atoms with Gasteiger partial charge in [-0.25, -0.2) is 0 Å². The lowest BCUT2D eigenvalue weighted by atomic mass is 9.94. The molecule has 1 rings (SSSR count). The Kier molecular flexibility index (Phi) is 5.98. The third kappa shape index (κ3) is 5.72. The number of hydrogen-bond acceptors (Lipinski definition) is 3. The third-order valence-electron chi connectivity index (χ3n) is 3.65. The Balaban J connectivity index is 2.61. The van der Waals surface area contributed by atoms with Gasteiger partial charge in [-0.05, 0) is 52.5 Å². The summed E-state index contributed by atoms with van der Waals surface area (Å²) >= 11 is 0. The average molecular weight is 264 g/mol. The van der Waals surface area contributed by atoms with E-state index in [1.807, 2.05) is 0 Å². The van der Waals surface area contributed by atoms with Crippen molar-refractivity contribution in [2.24, 2.45) is 5.84 Å². The molecular formula is C16H28N2O. The lowest BCUT2D eigenvalue weighted by Crippen LogP contribution is -2.38. The molecule has 0 saturated heterocycles. The Bertz CT molecular complexity index is 381. The molecule has 1 unspecified atom stereocenters. The average Bonchev–Trinajstić information content (AvgIpc) is 2.33. The van der Waals surface area contributed by atoms with Crippen molar-refractivity contribution in [2.45, 2.75) is 58.6 Å². The van der Waals surface area contributed by atoms with E-state index in [9.17, 15) is 0 Å². The van der Waals surface area contributed by atoms with Crippen LogP contribution in [0.2, 0.25) is 0 Å². The first-order valence-corrected chi connectivity index (χ1v) is 6.95. The first-order valence-electron chi connectivity index (χ1n) is 6.95. The highest BCUT2D eigenvalue weighted by atomic mass is 16.5. The Hall–Kier alpha value is -0.900. The van der Waals surface area contributed by atoms with E-state index in [4.69, 9.17) is 10.6 Å². The summed E-state index contributed by atoms with van der Waals surface area (Å²) in [7, 11) is 1.76. The summed E-state index contributed by atoms with van der Waals surface area (Å²) < 4.78 is 5.45. The van der Waals surface area contributed by atoms with Gasteiger partial charge in [0.15, 0.2) is 0 Å². The molecular weight excluding hydrogens is 236 g/mol. The van der Waals surface area contributed by atoms with E-state index >= 15 is 0 Å². The molecule has 1 aromatic carbocycles. The molecule has 0 heterocycles. The van der Waals surface area contributed by atoms with Gasteiger partial charge in [0, 0.05) is 13.2 Å². The summed E-state index contributed by atoms with van der Waals surface area (Å²) in [6.07, 6.45) is 2.95. The van der Waals surface area contributed by atoms with Crippen LogP contribution in [0.1, 0.15) is 43.4 Å². The fourth-order valence-electron chi connectivity index (χ4n) is 2.34. The summed E-state index contributed by atoms with van der Waals surface area (Å²) in [4.78, 5) is 0. The smallest absolute Gasteiger partial charge is 0.0623 e. The lowest BCUT2D eigenvalue weighted by Gasteiger charge is -2.25. The molecule has 0 amide bonds. The molecule has 0 fully saturated rings. The normalized spacial score (nSPS) is 13.6. The van der Waals surface area contributed by atoms with Crippen molar-refractivity contribution in [1.29, 1.82) is 0 Å². The van der Waals surface area contributed by atoms with E-state index in [0.717, 1.165) is 19.3 Å². The summed E-state index contributed by atoms with van der Waals surface area (Å²) in [5.74, 6) is 5.68. The quantitative estimate of drug-likeness (QED) is 0.588. The molecule has 19 heavy (non-hydrogen) atoms. The van der Waals surface area contributed by atoms with E-state index in [2.05, 4.69) is 51.3 Å². The highest BCUT2D eigenvalue weighted by molar-refractivity contribution is 5.29. The Morgan fingerprint density at radius 1 is 1.21 bits per heavy atom. The van der Waals surface area contributed by atoms with Crippen molar-refractivity contribution >= 4 is 0 Å². The van der Waals surface area contributed by atoms with Crippen molar-refractivity contribution in [3.63, 3.8) is 0 Å². The van der Waals surface area contributed by atoms with Gasteiger partial charge in [0.2, 0.25) is 0 Å². The molecule has 0 aliphatic rings. The highest BCUT2D eigenvalue weighted by Crippen LogP contribution is 2.19. The summed E-state index contributed by atoms with van der Waals surface area (Å²) in [6, 6.07) is 6.95. The topological polar surface area (TPSA) is 47.3 Å². The van der Waals surface area contributed by atoms with Gasteiger partial charge >= 0.3 is 0 Å². The molecule has 1 atom stereocenters. The van der Waals surface area contributed by atoms with Gasteiger partial charge in [-0.1, -0.05) is 29.3 Å². The molecule has 3 nitrogen and oxygen atoms in total. The minimum absolute atomic E-state index is 0.0857. The molecule has 3 heteroatoms. The first-order chi connectivity index (χ1) is 8.86. The Morgan fingerprint density at radius 3 is 2.26 bits per heavy atom. The molecule has 3 N–H and O–H groups in total. The number of nitrogens with one attached hydrogen (secondary N) is 1. The van der Waals surface area contributed by atoms with E-state index < -0.39 is 0 Å². The standard InChI is InChI=1S/C16H28N2O/c1-12-8-13(2)10-14(9-12)11-15(18-17)6-7-16(3,4)19-5/h8-10,15,18H,6-7,11,17H2,1-5H3. The predicted molar refractivity (Wildman–Crippen MR) is 81.1 cm³/mol. The minimum atomic E-state index is -0.0857. The van der Waals surface area contributed by atoms with Crippen molar-refractivity contribution in [2.75, 3.05) is 7.11 Å². The van der Waals surface area contributed by atoms with E-state index in [-0.39, 0.29) is 11.6 Å². The van der Waals surface area contributed by atoms with Crippen LogP contribution < -0.4 is 11.3 Å². The fourth-order valence-corrected chi connectivity index (χ4v) is 2.34. The fraction of sp³-hybridized carbons (Fsp3) is 0.625. The van der Waals surface area contributed by atoms with E-state index in [1.54, 1.807) is 7.11 Å². The van der Waals surface area contributed by atoms with Gasteiger partial charge in [-0.15, -0.1) is 0 Å². The number of hydrazine groups is 1. The van der Waals surface area contributed by atoms with Crippen LogP contribution in [0.4, 0.5) is 0 Å². The second-order valence-electron chi connectivity index (χ2n) is 6.07. The Morgan fingerprint density at radius 2 is 1.79 bits per heavy atom. The maximum atomic E-state index is 5.68. The van der Waals surface area contributed by atoms with Crippen molar-refractivity contribution in [1.82, 2.24) is 5.43 Å². The highest BCUT2D eigenvalue weighted by Gasteiger charge is 2.19. The molecule has 0 aromatic heterocycles. The zero-order chi connectivity index (χ0) is 14.5. The summed E-state index contributed by atoms with van der Waals surface area (Å²) in [5.41, 5.74) is 6.80. The lowest BCUT2D eigenvalue weighted by molar-refractivity contribution is 0.0117. The number of methoxy groups -OCH3 is 1. The number of nitrogens with two attached hydrogens (primary N) is 1. The second kappa shape index (κ2) is 7.04. The van der Waals surface area contributed by atoms with Crippen LogP contribution in [0.15, 0.2) is 18.2 Å². The van der Waals surface area contributed by atoms with Crippen LogP contribution in [0.5, 0.6) is 0 Å². The van der Waals surface area contributed by atoms with E-state index in [0.29, 0.717) is 0 Å². The van der Waals surface area contributed by atoms with Crippen LogP contribution in [0.3, 0.4) is 0 Å². The number of benzene rings is 1. The van der Waals surface area contributed by atoms with Gasteiger partial charge < -0.3 is 4.74 Å². The second-order valence-corrected chi connectivity index (χ2v) is 6.07. The van der Waals surface area contributed by atoms with Crippen LogP contribution in [0, 0.1) is 13.8 Å². The Labute approximate surface area is 117 Å². The molecule has 0 spiro atoms. The van der Waals surface area contributed by atoms with Crippen LogP contribution in [-0.4, -0.2) is 18.8 Å². The molecule has 0 aliphatic carbocycles. The summed E-state index contributed by atoms with van der Waals surface area (Å²) in [5, 5.41) is 0. The van der Waals surface area contributed by atoms with Gasteiger partial charge in [0.05, 0.1) is 5.60 Å². The SMILES string of the molecule is COC(C)(C)CCC(Cc1cc(C)cc(C)c1)NN. The van der Waals surface area contributed by atoms with Crippen LogP contribution in [-0.2, 0) is 11.2 Å². The van der Waals surface area contributed by atoms with Gasteiger partial charge in [0.25, 0.3) is 0 Å². The molecule has 0 radical (unpaired) electrons. The number of ether oxygens (including phenoxy) is 1. The zero-order valence-corrected chi connectivity index (χ0v) is 12.9. The number of aryl methyl sites for hydroxylation is 2. The first kappa shape index (κ1) is 16.2.